The average Bonchev–Trinajstić information content (AvgIpc) is 3.03. The zero-order valence-electron chi connectivity index (χ0n) is 27.0. The van der Waals surface area contributed by atoms with Crippen LogP contribution in [0.4, 0.5) is 28.9 Å². The molecule has 10 nitrogen and oxygen atoms in total. The summed E-state index contributed by atoms with van der Waals surface area (Å²) >= 11 is 0. The van der Waals surface area contributed by atoms with Crippen molar-refractivity contribution in [3.8, 4) is 11.1 Å². The molecule has 3 heterocycles. The Morgan fingerprint density at radius 2 is 1.88 bits per heavy atom. The number of halogens is 4. The van der Waals surface area contributed by atoms with Gasteiger partial charge in [-0.1, -0.05) is 18.2 Å². The van der Waals surface area contributed by atoms with Crippen molar-refractivity contribution in [2.75, 3.05) is 43.7 Å². The Balaban J connectivity index is 1.46. The molecule has 2 aromatic heterocycles. The van der Waals surface area contributed by atoms with Crippen molar-refractivity contribution in [2.24, 2.45) is 7.05 Å². The summed E-state index contributed by atoms with van der Waals surface area (Å²) in [5, 5.41) is 13.0. The maximum absolute atomic E-state index is 15.4. The van der Waals surface area contributed by atoms with E-state index in [4.69, 9.17) is 4.74 Å². The number of aryl methyl sites for hydroxylation is 1. The van der Waals surface area contributed by atoms with Crippen LogP contribution in [0.15, 0.2) is 53.5 Å². The molecular weight excluding hydrogens is 634 g/mol. The molecule has 0 bridgehead atoms. The quantitative estimate of drug-likeness (QED) is 0.262. The summed E-state index contributed by atoms with van der Waals surface area (Å²) in [7, 11) is 5.41. The first kappa shape index (κ1) is 34.4. The summed E-state index contributed by atoms with van der Waals surface area (Å²) in [6.07, 6.45) is -3.28. The molecule has 0 saturated carbocycles. The second-order valence-electron chi connectivity index (χ2n) is 12.0. The number of pyridine rings is 2. The van der Waals surface area contributed by atoms with Crippen LogP contribution in [0.5, 0.6) is 0 Å². The topological polar surface area (TPSA) is 117 Å². The second-order valence-corrected chi connectivity index (χ2v) is 12.0. The second kappa shape index (κ2) is 13.3. The molecule has 1 saturated heterocycles. The van der Waals surface area contributed by atoms with Crippen LogP contribution in [0.25, 0.3) is 22.0 Å². The van der Waals surface area contributed by atoms with Crippen molar-refractivity contribution >= 4 is 34.2 Å². The number of nitrogens with one attached hydrogen (secondary N) is 1. The van der Waals surface area contributed by atoms with Gasteiger partial charge in [-0.2, -0.15) is 13.2 Å². The number of carboxylic acids is 1. The first-order chi connectivity index (χ1) is 22.6. The summed E-state index contributed by atoms with van der Waals surface area (Å²) < 4.78 is 62.8. The average molecular weight is 670 g/mol. The number of carbonyl (C=O) groups is 2. The Bertz CT molecular complexity index is 1940. The van der Waals surface area contributed by atoms with Crippen LogP contribution < -0.4 is 20.7 Å². The van der Waals surface area contributed by atoms with E-state index in [1.807, 2.05) is 25.9 Å². The zero-order chi connectivity index (χ0) is 35.1. The van der Waals surface area contributed by atoms with Gasteiger partial charge in [0.25, 0.3) is 11.5 Å². The maximum Gasteiger partial charge on any atom is 0.411 e. The van der Waals surface area contributed by atoms with E-state index in [9.17, 15) is 32.7 Å². The third-order valence-electron chi connectivity index (χ3n) is 8.69. The van der Waals surface area contributed by atoms with Crippen LogP contribution in [0.2, 0.25) is 0 Å². The number of rotatable bonds is 8. The lowest BCUT2D eigenvalue weighted by Gasteiger charge is -2.38. The predicted molar refractivity (Wildman–Crippen MR) is 173 cm³/mol. The van der Waals surface area contributed by atoms with Gasteiger partial charge in [-0.3, -0.25) is 14.6 Å². The van der Waals surface area contributed by atoms with Crippen LogP contribution in [-0.4, -0.2) is 78.6 Å². The molecule has 254 valence electrons. The Hall–Kier alpha value is -4.98. The Morgan fingerprint density at radius 3 is 2.52 bits per heavy atom. The molecule has 2 atom stereocenters. The van der Waals surface area contributed by atoms with Crippen molar-refractivity contribution in [3.63, 3.8) is 0 Å². The first-order valence-corrected chi connectivity index (χ1v) is 15.1. The summed E-state index contributed by atoms with van der Waals surface area (Å²) in [5.41, 5.74) is 2.76. The van der Waals surface area contributed by atoms with Gasteiger partial charge in [0.2, 0.25) is 0 Å². The first-order valence-electron chi connectivity index (χ1n) is 15.1. The zero-order valence-corrected chi connectivity index (χ0v) is 27.0. The normalized spacial score (nSPS) is 15.8. The molecular formula is C34H35F4N5O5. The highest BCUT2D eigenvalue weighted by atomic mass is 19.4. The molecule has 2 aromatic carbocycles. The molecule has 1 amide bonds. The van der Waals surface area contributed by atoms with Gasteiger partial charge in [-0.25, -0.2) is 9.18 Å². The molecule has 4 aromatic rings. The highest BCUT2D eigenvalue weighted by molar-refractivity contribution is 5.99. The minimum absolute atomic E-state index is 0.0136. The number of morpholine rings is 1. The SMILES string of the molecule is Cc1cc(N2CCOC[C@@H]2C(F)(F)F)cc(F)c1C(=O)N[C@@H](Cc1ccc(-c2cc(N(C)C)c(C)n(C)c2=O)c2ncccc12)C(=O)O. The smallest absolute Gasteiger partial charge is 0.411 e. The number of amides is 1. The molecule has 48 heavy (non-hydrogen) atoms. The van der Waals surface area contributed by atoms with Crippen molar-refractivity contribution in [3.05, 3.63) is 87.2 Å². The van der Waals surface area contributed by atoms with E-state index in [2.05, 4.69) is 10.3 Å². The van der Waals surface area contributed by atoms with Gasteiger partial charge in [0.15, 0.2) is 0 Å². The predicted octanol–water partition coefficient (Wildman–Crippen LogP) is 4.62. The number of carboxylic acid groups (broad SMARTS) is 1. The maximum atomic E-state index is 15.4. The number of aliphatic carboxylic acids is 1. The number of hydrogen-bond donors (Lipinski definition) is 2. The summed E-state index contributed by atoms with van der Waals surface area (Å²) in [5.74, 6) is -3.50. The lowest BCUT2D eigenvalue weighted by atomic mass is 9.95. The summed E-state index contributed by atoms with van der Waals surface area (Å²) in [6.45, 7) is 2.48. The summed E-state index contributed by atoms with van der Waals surface area (Å²) in [6, 6.07) is 7.15. The van der Waals surface area contributed by atoms with Crippen molar-refractivity contribution in [1.29, 1.82) is 0 Å². The fraction of sp³-hybridized carbons (Fsp3) is 0.353. The van der Waals surface area contributed by atoms with Gasteiger partial charge in [0.1, 0.15) is 17.9 Å². The lowest BCUT2D eigenvalue weighted by molar-refractivity contribution is -0.167. The van der Waals surface area contributed by atoms with Gasteiger partial charge in [-0.05, 0) is 49.2 Å². The number of carbonyl (C=O) groups excluding carboxylic acids is 1. The van der Waals surface area contributed by atoms with Gasteiger partial charge < -0.3 is 29.5 Å². The number of nitrogens with zero attached hydrogens (tertiary/aromatic N) is 4. The standard InChI is InChI=1S/C34H35F4N5O5/c1-18-13-21(43-11-12-48-17-28(43)34(36,37)38)15-25(35)29(18)31(44)40-26(33(46)47)14-20-8-9-23(30-22(20)7-6-10-39-30)24-16-27(41(3)4)19(2)42(5)32(24)45/h6-10,13,15-16,26,28H,11-12,14,17H2,1-5H3,(H,40,44)(H,46,47)/t26-,28+/m0/s1. The number of hydrogen-bond acceptors (Lipinski definition) is 7. The highest BCUT2D eigenvalue weighted by Crippen LogP contribution is 2.34. The molecule has 1 aliphatic heterocycles. The minimum atomic E-state index is -4.63. The van der Waals surface area contributed by atoms with E-state index in [0.717, 1.165) is 22.3 Å². The molecule has 0 spiro atoms. The van der Waals surface area contributed by atoms with Gasteiger partial charge in [-0.15, -0.1) is 0 Å². The van der Waals surface area contributed by atoms with Crippen LogP contribution >= 0.6 is 0 Å². The molecule has 0 radical (unpaired) electrons. The number of ether oxygens (including phenoxy) is 1. The third kappa shape index (κ3) is 6.57. The fourth-order valence-corrected chi connectivity index (χ4v) is 6.09. The number of fused-ring (bicyclic) bond motifs is 1. The molecule has 2 N–H and O–H groups in total. The molecule has 0 unspecified atom stereocenters. The lowest BCUT2D eigenvalue weighted by Crippen LogP contribution is -2.53. The largest absolute Gasteiger partial charge is 0.480 e. The number of alkyl halides is 3. The van der Waals surface area contributed by atoms with Crippen LogP contribution in [0.1, 0.15) is 27.2 Å². The Morgan fingerprint density at radius 1 is 1.15 bits per heavy atom. The molecule has 14 heteroatoms. The number of benzene rings is 2. The molecule has 5 rings (SSSR count). The van der Waals surface area contributed by atoms with Crippen molar-refractivity contribution < 1.29 is 37.0 Å². The van der Waals surface area contributed by atoms with E-state index < -0.39 is 48.1 Å². The van der Waals surface area contributed by atoms with Crippen molar-refractivity contribution in [2.45, 2.75) is 38.5 Å². The van der Waals surface area contributed by atoms with Crippen molar-refractivity contribution in [1.82, 2.24) is 14.9 Å². The van der Waals surface area contributed by atoms with Gasteiger partial charge >= 0.3 is 12.1 Å². The van der Waals surface area contributed by atoms with E-state index >= 15 is 4.39 Å². The van der Waals surface area contributed by atoms with Gasteiger partial charge in [0.05, 0.1) is 35.5 Å². The molecule has 0 aliphatic carbocycles. The molecule has 1 aliphatic rings. The van der Waals surface area contributed by atoms with E-state index in [0.29, 0.717) is 27.6 Å². The Kier molecular flexibility index (Phi) is 9.49. The minimum Gasteiger partial charge on any atom is -0.480 e. The van der Waals surface area contributed by atoms with E-state index in [1.165, 1.54) is 13.0 Å². The number of anilines is 2. The Labute approximate surface area is 273 Å². The number of aromatic nitrogens is 2. The monoisotopic (exact) mass is 669 g/mol. The van der Waals surface area contributed by atoms with Crippen LogP contribution in [0, 0.1) is 19.7 Å². The highest BCUT2D eigenvalue weighted by Gasteiger charge is 2.45. The third-order valence-corrected chi connectivity index (χ3v) is 8.69. The van der Waals surface area contributed by atoms with Crippen LogP contribution in [-0.2, 0) is 23.0 Å². The fourth-order valence-electron chi connectivity index (χ4n) is 6.09. The summed E-state index contributed by atoms with van der Waals surface area (Å²) in [4.78, 5) is 46.4. The van der Waals surface area contributed by atoms with E-state index in [1.54, 1.807) is 48.1 Å². The van der Waals surface area contributed by atoms with E-state index in [-0.39, 0.29) is 36.4 Å². The van der Waals surface area contributed by atoms with Gasteiger partial charge in [0, 0.05) is 62.6 Å². The van der Waals surface area contributed by atoms with Crippen LogP contribution in [0.3, 0.4) is 0 Å². The molecule has 1 fully saturated rings.